The van der Waals surface area contributed by atoms with Gasteiger partial charge in [0.2, 0.25) is 9.84 Å². The summed E-state index contributed by atoms with van der Waals surface area (Å²) < 4.78 is 26.4. The largest absolute Gasteiger partial charge is 0.338 e. The Labute approximate surface area is 174 Å². The molecule has 5 nitrogen and oxygen atoms in total. The maximum Gasteiger partial charge on any atom is 0.267 e. The number of sulfone groups is 1. The van der Waals surface area contributed by atoms with Crippen molar-refractivity contribution >= 4 is 50.3 Å². The van der Waals surface area contributed by atoms with Gasteiger partial charge in [-0.25, -0.2) is 8.42 Å². The van der Waals surface area contributed by atoms with Crippen LogP contribution >= 0.6 is 23.2 Å². The van der Waals surface area contributed by atoms with Crippen LogP contribution in [0.3, 0.4) is 0 Å². The zero-order valence-corrected chi connectivity index (χ0v) is 17.5. The lowest BCUT2D eigenvalue weighted by Gasteiger charge is -2.30. The molecule has 0 atom stereocenters. The van der Waals surface area contributed by atoms with E-state index in [1.165, 1.54) is 18.3 Å². The van der Waals surface area contributed by atoms with Crippen molar-refractivity contribution < 1.29 is 13.2 Å². The number of hydrogen-bond acceptors (Lipinski definition) is 4. The summed E-state index contributed by atoms with van der Waals surface area (Å²) in [4.78, 5) is 16.1. The summed E-state index contributed by atoms with van der Waals surface area (Å²) >= 11 is 12.4. The van der Waals surface area contributed by atoms with Crippen LogP contribution in [0.5, 0.6) is 0 Å². The Kier molecular flexibility index (Phi) is 4.89. The van der Waals surface area contributed by atoms with Crippen molar-refractivity contribution in [2.75, 3.05) is 18.0 Å². The van der Waals surface area contributed by atoms with E-state index in [0.29, 0.717) is 34.5 Å². The Hall–Kier alpha value is -2.02. The lowest BCUT2D eigenvalue weighted by molar-refractivity contribution is -0.125. The van der Waals surface area contributed by atoms with E-state index in [0.717, 1.165) is 18.4 Å². The first-order valence-electron chi connectivity index (χ1n) is 8.90. The molecule has 146 valence electrons. The highest BCUT2D eigenvalue weighted by atomic mass is 35.5. The first-order chi connectivity index (χ1) is 13.3. The summed E-state index contributed by atoms with van der Waals surface area (Å²) in [5.74, 6) is -0.471. The Bertz CT molecular complexity index is 1110. The molecular formula is C20H18Cl2N2O3S. The molecule has 0 aliphatic carbocycles. The average molecular weight is 437 g/mol. The molecule has 4 rings (SSSR count). The Balaban J connectivity index is 1.91. The topological polar surface area (TPSA) is 57.7 Å². The van der Waals surface area contributed by atoms with Crippen molar-refractivity contribution in [1.29, 1.82) is 0 Å². The van der Waals surface area contributed by atoms with Crippen molar-refractivity contribution in [1.82, 2.24) is 4.90 Å². The minimum absolute atomic E-state index is 0.0543. The lowest BCUT2D eigenvalue weighted by Crippen LogP contribution is -2.35. The van der Waals surface area contributed by atoms with Crippen molar-refractivity contribution in [3.8, 4) is 0 Å². The molecule has 0 saturated carbocycles. The minimum Gasteiger partial charge on any atom is -0.338 e. The highest BCUT2D eigenvalue weighted by molar-refractivity contribution is 7.96. The molecule has 0 N–H and O–H groups in total. The molecule has 0 aromatic heterocycles. The van der Waals surface area contributed by atoms with Gasteiger partial charge >= 0.3 is 0 Å². The predicted octanol–water partition coefficient (Wildman–Crippen LogP) is 4.69. The second-order valence-electron chi connectivity index (χ2n) is 6.91. The van der Waals surface area contributed by atoms with Crippen LogP contribution in [-0.4, -0.2) is 32.3 Å². The number of rotatable bonds is 2. The zero-order chi connectivity index (χ0) is 20.1. The number of fused-ring (bicyclic) bond motifs is 1. The van der Waals surface area contributed by atoms with Gasteiger partial charge in [-0.05, 0) is 55.7 Å². The van der Waals surface area contributed by atoms with E-state index < -0.39 is 15.7 Å². The molecule has 2 heterocycles. The standard InChI is InChI=1S/C20H18Cl2N2O3S/c1-13-4-6-15(11-16(13)22)24-12-19(20(25)23-8-2-3-9-23)28(26,27)18-7-5-14(21)10-17(18)24/h4-7,10-12H,2-3,8-9H2,1H3. The van der Waals surface area contributed by atoms with Crippen LogP contribution in [0.2, 0.25) is 10.0 Å². The van der Waals surface area contributed by atoms with Crippen LogP contribution in [0, 0.1) is 6.92 Å². The zero-order valence-electron chi connectivity index (χ0n) is 15.2. The molecule has 2 aliphatic heterocycles. The number of benzene rings is 2. The lowest BCUT2D eigenvalue weighted by atomic mass is 10.2. The summed E-state index contributed by atoms with van der Waals surface area (Å²) in [6, 6.07) is 9.96. The molecule has 0 radical (unpaired) electrons. The summed E-state index contributed by atoms with van der Waals surface area (Å²) in [7, 11) is -3.96. The molecule has 1 saturated heterocycles. The van der Waals surface area contributed by atoms with Gasteiger partial charge in [-0.3, -0.25) is 4.79 Å². The number of aryl methyl sites for hydroxylation is 1. The van der Waals surface area contributed by atoms with E-state index in [1.807, 2.05) is 19.1 Å². The molecule has 0 unspecified atom stereocenters. The van der Waals surface area contributed by atoms with E-state index in [-0.39, 0.29) is 9.80 Å². The van der Waals surface area contributed by atoms with Crippen LogP contribution in [-0.2, 0) is 14.6 Å². The van der Waals surface area contributed by atoms with Crippen LogP contribution in [0.15, 0.2) is 52.4 Å². The van der Waals surface area contributed by atoms with E-state index in [9.17, 15) is 13.2 Å². The Morgan fingerprint density at radius 1 is 1.04 bits per heavy atom. The second kappa shape index (κ2) is 7.10. The van der Waals surface area contributed by atoms with Crippen LogP contribution in [0.4, 0.5) is 11.4 Å². The van der Waals surface area contributed by atoms with Gasteiger partial charge in [0.25, 0.3) is 5.91 Å². The molecule has 0 bridgehead atoms. The average Bonchev–Trinajstić information content (AvgIpc) is 3.18. The number of likely N-dealkylation sites (tertiary alicyclic amines) is 1. The van der Waals surface area contributed by atoms with E-state index in [4.69, 9.17) is 23.2 Å². The third-order valence-corrected chi connectivity index (χ3v) is 7.47. The second-order valence-corrected chi connectivity index (χ2v) is 9.64. The highest BCUT2D eigenvalue weighted by Crippen LogP contribution is 2.42. The summed E-state index contributed by atoms with van der Waals surface area (Å²) in [6.45, 7) is 3.01. The van der Waals surface area contributed by atoms with Gasteiger partial charge in [0, 0.05) is 35.0 Å². The number of nitrogens with zero attached hydrogens (tertiary/aromatic N) is 2. The predicted molar refractivity (Wildman–Crippen MR) is 111 cm³/mol. The van der Waals surface area contributed by atoms with Gasteiger partial charge in [-0.1, -0.05) is 29.3 Å². The number of carbonyl (C=O) groups excluding carboxylic acids is 1. The Morgan fingerprint density at radius 2 is 1.75 bits per heavy atom. The summed E-state index contributed by atoms with van der Waals surface area (Å²) in [5.41, 5.74) is 1.95. The number of carbonyl (C=O) groups is 1. The van der Waals surface area contributed by atoms with E-state index in [2.05, 4.69) is 0 Å². The Morgan fingerprint density at radius 3 is 2.43 bits per heavy atom. The van der Waals surface area contributed by atoms with Crippen molar-refractivity contribution in [2.24, 2.45) is 0 Å². The van der Waals surface area contributed by atoms with Gasteiger partial charge in [0.1, 0.15) is 0 Å². The van der Waals surface area contributed by atoms with Gasteiger partial charge in [-0.15, -0.1) is 0 Å². The van der Waals surface area contributed by atoms with Gasteiger partial charge < -0.3 is 9.80 Å². The molecule has 1 amide bonds. The monoisotopic (exact) mass is 436 g/mol. The molecule has 2 aromatic carbocycles. The van der Waals surface area contributed by atoms with Gasteiger partial charge in [-0.2, -0.15) is 0 Å². The number of amides is 1. The quantitative estimate of drug-likeness (QED) is 0.684. The first-order valence-corrected chi connectivity index (χ1v) is 11.1. The fourth-order valence-electron chi connectivity index (χ4n) is 3.47. The van der Waals surface area contributed by atoms with Crippen LogP contribution in [0.1, 0.15) is 18.4 Å². The van der Waals surface area contributed by atoms with Crippen molar-refractivity contribution in [3.63, 3.8) is 0 Å². The minimum atomic E-state index is -3.96. The van der Waals surface area contributed by atoms with Gasteiger partial charge in [0.15, 0.2) is 4.91 Å². The fourth-order valence-corrected chi connectivity index (χ4v) is 5.33. The van der Waals surface area contributed by atoms with Crippen molar-refractivity contribution in [3.05, 3.63) is 63.1 Å². The van der Waals surface area contributed by atoms with E-state index >= 15 is 0 Å². The molecule has 0 spiro atoms. The smallest absolute Gasteiger partial charge is 0.267 e. The van der Waals surface area contributed by atoms with Crippen LogP contribution in [0.25, 0.3) is 0 Å². The summed E-state index contributed by atoms with van der Waals surface area (Å²) in [5, 5.41) is 0.954. The fraction of sp³-hybridized carbons (Fsp3) is 0.250. The highest BCUT2D eigenvalue weighted by Gasteiger charge is 2.38. The SMILES string of the molecule is Cc1ccc(N2C=C(C(=O)N3CCCC3)S(=O)(=O)c3ccc(Cl)cc32)cc1Cl. The maximum atomic E-state index is 13.2. The summed E-state index contributed by atoms with van der Waals surface area (Å²) in [6.07, 6.45) is 3.14. The molecule has 8 heteroatoms. The molecule has 2 aliphatic rings. The van der Waals surface area contributed by atoms with Gasteiger partial charge in [0.05, 0.1) is 10.6 Å². The number of halogens is 2. The van der Waals surface area contributed by atoms with Crippen LogP contribution < -0.4 is 4.90 Å². The normalized spacial score (nSPS) is 18.0. The van der Waals surface area contributed by atoms with E-state index in [1.54, 1.807) is 21.9 Å². The molecule has 1 fully saturated rings. The van der Waals surface area contributed by atoms with Crippen molar-refractivity contribution in [2.45, 2.75) is 24.7 Å². The first kappa shape index (κ1) is 19.3. The molecule has 2 aromatic rings. The molecular weight excluding hydrogens is 419 g/mol. The number of hydrogen-bond donors (Lipinski definition) is 0. The number of anilines is 2. The third kappa shape index (κ3) is 3.19. The molecule has 28 heavy (non-hydrogen) atoms. The third-order valence-electron chi connectivity index (χ3n) is 5.04. The maximum absolute atomic E-state index is 13.2.